The standard InChI is InChI=1S/C10H17BrN2.C2H6/c1-5-8-7-13(12-9(8)11)10(3,4)6-2;1-2/h7H,5-6H2,1-4H3;1-2H3. The van der Waals surface area contributed by atoms with Gasteiger partial charge in [0.2, 0.25) is 0 Å². The summed E-state index contributed by atoms with van der Waals surface area (Å²) in [6, 6.07) is 0. The zero-order valence-corrected chi connectivity index (χ0v) is 12.3. The van der Waals surface area contributed by atoms with Crippen LogP contribution in [0.4, 0.5) is 0 Å². The van der Waals surface area contributed by atoms with Crippen LogP contribution in [0, 0.1) is 0 Å². The third-order valence-corrected chi connectivity index (χ3v) is 3.27. The monoisotopic (exact) mass is 274 g/mol. The minimum Gasteiger partial charge on any atom is -0.266 e. The molecular weight excluding hydrogens is 252 g/mol. The van der Waals surface area contributed by atoms with E-state index in [-0.39, 0.29) is 5.54 Å². The Morgan fingerprint density at radius 2 is 1.87 bits per heavy atom. The van der Waals surface area contributed by atoms with Crippen LogP contribution in [0.15, 0.2) is 10.8 Å². The van der Waals surface area contributed by atoms with Crippen molar-refractivity contribution in [2.24, 2.45) is 0 Å². The first-order valence-electron chi connectivity index (χ1n) is 5.75. The van der Waals surface area contributed by atoms with Crippen LogP contribution >= 0.6 is 15.9 Å². The molecule has 0 radical (unpaired) electrons. The highest BCUT2D eigenvalue weighted by molar-refractivity contribution is 9.10. The van der Waals surface area contributed by atoms with E-state index in [1.807, 2.05) is 13.8 Å². The Labute approximate surface area is 102 Å². The van der Waals surface area contributed by atoms with Gasteiger partial charge in [-0.1, -0.05) is 27.7 Å². The van der Waals surface area contributed by atoms with E-state index >= 15 is 0 Å². The predicted octanol–water partition coefficient (Wildman–Crippen LogP) is 4.38. The van der Waals surface area contributed by atoms with Gasteiger partial charge in [-0.05, 0) is 42.6 Å². The molecule has 0 N–H and O–H groups in total. The molecule has 88 valence electrons. The third kappa shape index (κ3) is 3.63. The van der Waals surface area contributed by atoms with Crippen molar-refractivity contribution in [2.45, 2.75) is 59.9 Å². The maximum absolute atomic E-state index is 4.46. The van der Waals surface area contributed by atoms with Crippen molar-refractivity contribution in [3.8, 4) is 0 Å². The van der Waals surface area contributed by atoms with Crippen molar-refractivity contribution in [3.05, 3.63) is 16.4 Å². The second-order valence-corrected chi connectivity index (χ2v) is 4.66. The lowest BCUT2D eigenvalue weighted by molar-refractivity contribution is 0.306. The molecule has 0 bridgehead atoms. The number of rotatable bonds is 3. The van der Waals surface area contributed by atoms with E-state index in [2.05, 4.69) is 59.6 Å². The minimum atomic E-state index is 0.121. The molecule has 0 atom stereocenters. The molecule has 0 saturated carbocycles. The Morgan fingerprint density at radius 1 is 1.33 bits per heavy atom. The molecule has 0 amide bonds. The van der Waals surface area contributed by atoms with Crippen molar-refractivity contribution in [3.63, 3.8) is 0 Å². The molecule has 0 saturated heterocycles. The van der Waals surface area contributed by atoms with Gasteiger partial charge in [-0.2, -0.15) is 5.10 Å². The summed E-state index contributed by atoms with van der Waals surface area (Å²) in [5.41, 5.74) is 1.40. The fourth-order valence-electron chi connectivity index (χ4n) is 1.10. The van der Waals surface area contributed by atoms with Gasteiger partial charge in [0.05, 0.1) is 5.54 Å². The van der Waals surface area contributed by atoms with Crippen molar-refractivity contribution in [1.29, 1.82) is 0 Å². The third-order valence-electron chi connectivity index (χ3n) is 2.60. The van der Waals surface area contributed by atoms with E-state index in [1.165, 1.54) is 5.56 Å². The van der Waals surface area contributed by atoms with Crippen LogP contribution in [-0.4, -0.2) is 9.78 Å². The molecule has 0 unspecified atom stereocenters. The van der Waals surface area contributed by atoms with E-state index in [0.717, 1.165) is 17.4 Å². The van der Waals surface area contributed by atoms with E-state index in [1.54, 1.807) is 0 Å². The first-order valence-corrected chi connectivity index (χ1v) is 6.55. The summed E-state index contributed by atoms with van der Waals surface area (Å²) >= 11 is 3.47. The molecule has 2 nitrogen and oxygen atoms in total. The second-order valence-electron chi connectivity index (χ2n) is 3.91. The summed E-state index contributed by atoms with van der Waals surface area (Å²) in [7, 11) is 0. The van der Waals surface area contributed by atoms with E-state index < -0.39 is 0 Å². The molecule has 15 heavy (non-hydrogen) atoms. The number of nitrogens with zero attached hydrogens (tertiary/aromatic N) is 2. The van der Waals surface area contributed by atoms with Crippen LogP contribution in [0.2, 0.25) is 0 Å². The summed E-state index contributed by atoms with van der Waals surface area (Å²) in [5, 5.41) is 4.46. The van der Waals surface area contributed by atoms with Crippen molar-refractivity contribution < 1.29 is 0 Å². The average molecular weight is 275 g/mol. The van der Waals surface area contributed by atoms with Gasteiger partial charge in [0.15, 0.2) is 0 Å². The number of aryl methyl sites for hydroxylation is 1. The van der Waals surface area contributed by atoms with Gasteiger partial charge in [-0.25, -0.2) is 0 Å². The maximum Gasteiger partial charge on any atom is 0.131 e. The summed E-state index contributed by atoms with van der Waals surface area (Å²) in [6.07, 6.45) is 4.25. The second kappa shape index (κ2) is 6.31. The van der Waals surface area contributed by atoms with Crippen LogP contribution in [0.25, 0.3) is 0 Å². The van der Waals surface area contributed by atoms with Gasteiger partial charge in [0.25, 0.3) is 0 Å². The summed E-state index contributed by atoms with van der Waals surface area (Å²) in [6.45, 7) is 12.7. The normalized spacial score (nSPS) is 10.9. The zero-order valence-electron chi connectivity index (χ0n) is 10.8. The molecule has 0 aromatic carbocycles. The topological polar surface area (TPSA) is 17.8 Å². The first-order chi connectivity index (χ1) is 7.01. The molecular formula is C12H23BrN2. The molecule has 0 spiro atoms. The Bertz CT molecular complexity index is 290. The fraction of sp³-hybridized carbons (Fsp3) is 0.750. The minimum absolute atomic E-state index is 0.121. The lowest BCUT2D eigenvalue weighted by atomic mass is 10.0. The first kappa shape index (κ1) is 14.7. The highest BCUT2D eigenvalue weighted by atomic mass is 79.9. The Hall–Kier alpha value is -0.310. The molecule has 0 fully saturated rings. The van der Waals surface area contributed by atoms with E-state index in [4.69, 9.17) is 0 Å². The van der Waals surface area contributed by atoms with Gasteiger partial charge in [0, 0.05) is 11.8 Å². The highest BCUT2D eigenvalue weighted by Crippen LogP contribution is 2.23. The number of hydrogen-bond donors (Lipinski definition) is 0. The van der Waals surface area contributed by atoms with Crippen LogP contribution in [-0.2, 0) is 12.0 Å². The molecule has 0 aliphatic heterocycles. The van der Waals surface area contributed by atoms with Gasteiger partial charge in [-0.15, -0.1) is 0 Å². The molecule has 1 aromatic rings. The smallest absolute Gasteiger partial charge is 0.131 e. The van der Waals surface area contributed by atoms with Crippen molar-refractivity contribution >= 4 is 15.9 Å². The van der Waals surface area contributed by atoms with Crippen LogP contribution in [0.5, 0.6) is 0 Å². The fourth-order valence-corrected chi connectivity index (χ4v) is 1.65. The van der Waals surface area contributed by atoms with Gasteiger partial charge < -0.3 is 0 Å². The van der Waals surface area contributed by atoms with Crippen LogP contribution < -0.4 is 0 Å². The molecule has 0 aliphatic carbocycles. The lowest BCUT2D eigenvalue weighted by Gasteiger charge is -2.23. The van der Waals surface area contributed by atoms with Crippen molar-refractivity contribution in [1.82, 2.24) is 9.78 Å². The summed E-state index contributed by atoms with van der Waals surface area (Å²) in [5.74, 6) is 0. The zero-order chi connectivity index (χ0) is 12.1. The van der Waals surface area contributed by atoms with Gasteiger partial charge in [0.1, 0.15) is 4.60 Å². The molecule has 0 aliphatic rings. The van der Waals surface area contributed by atoms with Gasteiger partial charge in [-0.3, -0.25) is 4.68 Å². The van der Waals surface area contributed by atoms with Crippen LogP contribution in [0.3, 0.4) is 0 Å². The molecule has 1 heterocycles. The van der Waals surface area contributed by atoms with Crippen LogP contribution in [0.1, 0.15) is 53.5 Å². The predicted molar refractivity (Wildman–Crippen MR) is 70.3 cm³/mol. The Morgan fingerprint density at radius 3 is 2.20 bits per heavy atom. The lowest BCUT2D eigenvalue weighted by Crippen LogP contribution is -2.25. The summed E-state index contributed by atoms with van der Waals surface area (Å²) in [4.78, 5) is 0. The molecule has 1 aromatic heterocycles. The number of halogens is 1. The summed E-state index contributed by atoms with van der Waals surface area (Å²) < 4.78 is 3.03. The average Bonchev–Trinajstić information content (AvgIpc) is 2.63. The van der Waals surface area contributed by atoms with E-state index in [9.17, 15) is 0 Å². The SMILES string of the molecule is CC.CCc1cn(C(C)(C)CC)nc1Br. The quantitative estimate of drug-likeness (QED) is 0.800. The number of hydrogen-bond acceptors (Lipinski definition) is 1. The maximum atomic E-state index is 4.46. The van der Waals surface area contributed by atoms with Crippen molar-refractivity contribution in [2.75, 3.05) is 0 Å². The Balaban J connectivity index is 0.000000921. The number of aromatic nitrogens is 2. The Kier molecular flexibility index (Phi) is 6.18. The molecule has 3 heteroatoms. The van der Waals surface area contributed by atoms with Gasteiger partial charge >= 0.3 is 0 Å². The largest absolute Gasteiger partial charge is 0.266 e. The van der Waals surface area contributed by atoms with E-state index in [0.29, 0.717) is 0 Å². The highest BCUT2D eigenvalue weighted by Gasteiger charge is 2.19. The molecule has 1 rings (SSSR count).